The maximum absolute atomic E-state index is 13.9. The van der Waals surface area contributed by atoms with Crippen molar-refractivity contribution in [3.8, 4) is 17.2 Å². The molecule has 0 aliphatic carbocycles. The molecule has 4 aromatic carbocycles. The summed E-state index contributed by atoms with van der Waals surface area (Å²) in [5, 5.41) is 16.3. The number of amides is 1. The molecule has 1 N–H and O–H groups in total. The molecule has 4 aromatic rings. The average Bonchev–Trinajstić information content (AvgIpc) is 3.03. The largest absolute Gasteiger partial charge is 0.495 e. The van der Waals surface area contributed by atoms with Gasteiger partial charge in [-0.3, -0.25) is 19.2 Å². The molecule has 0 fully saturated rings. The van der Waals surface area contributed by atoms with Crippen LogP contribution >= 0.6 is 23.2 Å². The molecule has 4 rings (SSSR count). The molecule has 1 amide bonds. The van der Waals surface area contributed by atoms with Crippen LogP contribution in [0.25, 0.3) is 0 Å². The zero-order valence-corrected chi connectivity index (χ0v) is 27.8. The van der Waals surface area contributed by atoms with E-state index in [2.05, 4.69) is 10.5 Å². The molecule has 0 aromatic heterocycles. The highest BCUT2D eigenvalue weighted by Gasteiger charge is 2.31. The molecule has 0 saturated carbocycles. The Morgan fingerprint density at radius 1 is 0.979 bits per heavy atom. The van der Waals surface area contributed by atoms with Crippen LogP contribution in [0.3, 0.4) is 0 Å². The van der Waals surface area contributed by atoms with E-state index < -0.39 is 38.0 Å². The topological polar surface area (TPSA) is 150 Å². The number of aryl methyl sites for hydroxylation is 1. The van der Waals surface area contributed by atoms with Gasteiger partial charge in [-0.2, -0.15) is 5.10 Å². The monoisotopic (exact) mass is 700 g/mol. The first kappa shape index (κ1) is 35.0. The summed E-state index contributed by atoms with van der Waals surface area (Å²) in [6, 6.07) is 20.0. The van der Waals surface area contributed by atoms with Crippen molar-refractivity contribution >= 4 is 56.7 Å². The number of halogens is 2. The molecule has 15 heteroatoms. The number of carbonyl (C=O) groups excluding carboxylic acids is 1. The Morgan fingerprint density at radius 2 is 1.72 bits per heavy atom. The van der Waals surface area contributed by atoms with Gasteiger partial charge in [0.2, 0.25) is 0 Å². The van der Waals surface area contributed by atoms with Crippen LogP contribution in [-0.4, -0.2) is 45.7 Å². The van der Waals surface area contributed by atoms with E-state index in [1.54, 1.807) is 30.3 Å². The minimum atomic E-state index is -4.55. The number of benzene rings is 4. The van der Waals surface area contributed by atoms with Gasteiger partial charge >= 0.3 is 0 Å². The lowest BCUT2D eigenvalue weighted by molar-refractivity contribution is -0.385. The number of sulfonamides is 1. The van der Waals surface area contributed by atoms with Crippen molar-refractivity contribution in [2.75, 3.05) is 24.6 Å². The number of hydrazone groups is 1. The summed E-state index contributed by atoms with van der Waals surface area (Å²) in [7, 11) is -3.23. The number of methoxy groups -OCH3 is 1. The van der Waals surface area contributed by atoms with Gasteiger partial charge in [-0.25, -0.2) is 13.8 Å². The van der Waals surface area contributed by atoms with Gasteiger partial charge in [0.25, 0.3) is 21.6 Å². The molecule has 246 valence electrons. The molecule has 0 aliphatic rings. The van der Waals surface area contributed by atoms with E-state index in [9.17, 15) is 23.3 Å². The second-order valence-corrected chi connectivity index (χ2v) is 12.6. The number of nitro benzene ring substituents is 1. The zero-order valence-electron chi connectivity index (χ0n) is 25.5. The summed E-state index contributed by atoms with van der Waals surface area (Å²) in [5.74, 6) is 0.208. The molecule has 47 heavy (non-hydrogen) atoms. The van der Waals surface area contributed by atoms with Crippen molar-refractivity contribution in [3.63, 3.8) is 0 Å². The van der Waals surface area contributed by atoms with Crippen LogP contribution in [0.4, 0.5) is 11.4 Å². The van der Waals surface area contributed by atoms with Gasteiger partial charge in [-0.05, 0) is 79.6 Å². The third-order valence-electron chi connectivity index (χ3n) is 6.62. The zero-order chi connectivity index (χ0) is 34.1. The minimum Gasteiger partial charge on any atom is -0.495 e. The second kappa shape index (κ2) is 15.6. The Morgan fingerprint density at radius 3 is 2.43 bits per heavy atom. The standard InChI is InChI=1S/C32H30Cl2N4O8S/c1-4-45-31-15-22(9-12-30(31)46-20-23-6-5-7-24(33)14-23)18-35-36-32(39)19-37(28-16-25(34)10-13-29(28)44-3)47(42,43)26-11-8-21(2)27(17-26)38(40)41/h5-18H,4,19-20H2,1-3H3,(H,36,39)/b35-18-. The molecular weight excluding hydrogens is 671 g/mol. The molecule has 0 spiro atoms. The summed E-state index contributed by atoms with van der Waals surface area (Å²) in [5.41, 5.74) is 3.56. The van der Waals surface area contributed by atoms with Crippen molar-refractivity contribution in [1.82, 2.24) is 5.43 Å². The smallest absolute Gasteiger partial charge is 0.273 e. The molecule has 0 aliphatic heterocycles. The maximum Gasteiger partial charge on any atom is 0.273 e. The van der Waals surface area contributed by atoms with E-state index in [1.807, 2.05) is 19.1 Å². The van der Waals surface area contributed by atoms with Crippen molar-refractivity contribution < 1.29 is 32.3 Å². The van der Waals surface area contributed by atoms with Crippen molar-refractivity contribution in [2.45, 2.75) is 25.3 Å². The SMILES string of the molecule is CCOc1cc(/C=N\NC(=O)CN(c2cc(Cl)ccc2OC)S(=O)(=O)c2ccc(C)c([N+](=O)[O-])c2)ccc1OCc1cccc(Cl)c1. The molecule has 0 radical (unpaired) electrons. The average molecular weight is 702 g/mol. The fourth-order valence-corrected chi connectivity index (χ4v) is 6.18. The van der Waals surface area contributed by atoms with E-state index in [0.717, 1.165) is 15.9 Å². The maximum atomic E-state index is 13.9. The number of ether oxygens (including phenoxy) is 3. The molecular formula is C32H30Cl2N4O8S. The molecule has 0 heterocycles. The van der Waals surface area contributed by atoms with Crippen LogP contribution in [0.2, 0.25) is 10.0 Å². The predicted molar refractivity (Wildman–Crippen MR) is 180 cm³/mol. The first-order valence-electron chi connectivity index (χ1n) is 14.0. The van der Waals surface area contributed by atoms with Gasteiger partial charge in [0.15, 0.2) is 11.5 Å². The number of hydrogen-bond donors (Lipinski definition) is 1. The highest BCUT2D eigenvalue weighted by Crippen LogP contribution is 2.36. The van der Waals surface area contributed by atoms with Gasteiger partial charge in [0.1, 0.15) is 18.9 Å². The second-order valence-electron chi connectivity index (χ2n) is 9.88. The van der Waals surface area contributed by atoms with Crippen LogP contribution in [0.5, 0.6) is 17.2 Å². The Labute approximate surface area is 281 Å². The van der Waals surface area contributed by atoms with Gasteiger partial charge in [0.05, 0.1) is 35.4 Å². The highest BCUT2D eigenvalue weighted by atomic mass is 35.5. The summed E-state index contributed by atoms with van der Waals surface area (Å²) < 4.78 is 45.5. The summed E-state index contributed by atoms with van der Waals surface area (Å²) in [6.07, 6.45) is 1.35. The first-order chi connectivity index (χ1) is 22.4. The summed E-state index contributed by atoms with van der Waals surface area (Å²) in [4.78, 5) is 23.6. The predicted octanol–water partition coefficient (Wildman–Crippen LogP) is 6.54. The fraction of sp³-hybridized carbons (Fsp3) is 0.188. The molecule has 0 bridgehead atoms. The van der Waals surface area contributed by atoms with Crippen LogP contribution in [0.1, 0.15) is 23.6 Å². The molecule has 0 atom stereocenters. The van der Waals surface area contributed by atoms with Crippen LogP contribution in [-0.2, 0) is 21.4 Å². The van der Waals surface area contributed by atoms with Crippen molar-refractivity contribution in [3.05, 3.63) is 116 Å². The van der Waals surface area contributed by atoms with Gasteiger partial charge in [0, 0.05) is 21.7 Å². The van der Waals surface area contributed by atoms with Crippen LogP contribution in [0, 0.1) is 17.0 Å². The van der Waals surface area contributed by atoms with Gasteiger partial charge < -0.3 is 14.2 Å². The normalized spacial score (nSPS) is 11.3. The van der Waals surface area contributed by atoms with E-state index >= 15 is 0 Å². The third kappa shape index (κ3) is 8.91. The Hall–Kier alpha value is -4.85. The van der Waals surface area contributed by atoms with E-state index in [4.69, 9.17) is 37.4 Å². The summed E-state index contributed by atoms with van der Waals surface area (Å²) >= 11 is 12.2. The first-order valence-corrected chi connectivity index (χ1v) is 16.2. The van der Waals surface area contributed by atoms with Crippen molar-refractivity contribution in [2.24, 2.45) is 5.10 Å². The highest BCUT2D eigenvalue weighted by molar-refractivity contribution is 7.92. The summed E-state index contributed by atoms with van der Waals surface area (Å²) in [6.45, 7) is 3.17. The van der Waals surface area contributed by atoms with Crippen LogP contribution in [0.15, 0.2) is 88.9 Å². The number of carbonyl (C=O) groups is 1. The molecule has 12 nitrogen and oxygen atoms in total. The fourth-order valence-electron chi connectivity index (χ4n) is 4.36. The number of nitro groups is 1. The number of nitrogens with one attached hydrogen (secondary N) is 1. The Kier molecular flexibility index (Phi) is 11.6. The van der Waals surface area contributed by atoms with Gasteiger partial charge in [-0.15, -0.1) is 0 Å². The van der Waals surface area contributed by atoms with Crippen molar-refractivity contribution in [1.29, 1.82) is 0 Å². The molecule has 0 unspecified atom stereocenters. The number of nitrogens with zero attached hydrogens (tertiary/aromatic N) is 3. The van der Waals surface area contributed by atoms with E-state index in [0.29, 0.717) is 28.7 Å². The van der Waals surface area contributed by atoms with Gasteiger partial charge in [-0.1, -0.05) is 41.4 Å². The lowest BCUT2D eigenvalue weighted by Gasteiger charge is -2.25. The van der Waals surface area contributed by atoms with Crippen LogP contribution < -0.4 is 23.9 Å². The number of rotatable bonds is 14. The lowest BCUT2D eigenvalue weighted by atomic mass is 10.2. The quantitative estimate of drug-likeness (QED) is 0.0885. The van der Waals surface area contributed by atoms with E-state index in [1.165, 1.54) is 50.6 Å². The number of hydrogen-bond acceptors (Lipinski definition) is 9. The Balaban J connectivity index is 1.56. The minimum absolute atomic E-state index is 0.0583. The number of anilines is 1. The Bertz CT molecular complexity index is 1920. The molecule has 0 saturated heterocycles. The third-order valence-corrected chi connectivity index (χ3v) is 8.84. The lowest BCUT2D eigenvalue weighted by Crippen LogP contribution is -2.39. The van der Waals surface area contributed by atoms with E-state index in [-0.39, 0.29) is 28.6 Å².